The second-order valence-electron chi connectivity index (χ2n) is 12.3. The van der Waals surface area contributed by atoms with Gasteiger partial charge in [0.15, 0.2) is 21.4 Å². The second-order valence-corrected chi connectivity index (χ2v) is 14.3. The normalized spacial score (nSPS) is 16.6. The third-order valence-electron chi connectivity index (χ3n) is 8.63. The smallest absolute Gasteiger partial charge is 0.220 e. The fourth-order valence-electron chi connectivity index (χ4n) is 6.51. The molecule has 262 valence electrons. The summed E-state index contributed by atoms with van der Waals surface area (Å²) in [6, 6.07) is 7.10. The Hall–Kier alpha value is -4.78. The van der Waals surface area contributed by atoms with Crippen molar-refractivity contribution in [3.8, 4) is 5.88 Å². The van der Waals surface area contributed by atoms with Gasteiger partial charge in [-0.05, 0) is 81.3 Å². The molecule has 1 aliphatic carbocycles. The molecule has 1 unspecified atom stereocenters. The predicted molar refractivity (Wildman–Crippen MR) is 186 cm³/mol. The number of hydrogen-bond acceptors (Lipinski definition) is 11. The molecule has 49 heavy (non-hydrogen) atoms. The molecule has 0 saturated heterocycles. The number of aryl methyl sites for hydroxylation is 4. The van der Waals surface area contributed by atoms with Crippen molar-refractivity contribution in [2.24, 2.45) is 17.4 Å². The van der Waals surface area contributed by atoms with Crippen LogP contribution in [0.4, 0.5) is 0 Å². The Morgan fingerprint density at radius 2 is 1.76 bits per heavy atom. The number of allylic oxidation sites excluding steroid dienone is 2. The number of aromatic hydroxyl groups is 1. The fraction of sp³-hybridized carbons (Fsp3) is 0.417. The van der Waals surface area contributed by atoms with Crippen LogP contribution < -0.4 is 0 Å². The Labute approximate surface area is 287 Å². The Bertz CT molecular complexity index is 1970. The number of aromatic nitrogens is 2. The van der Waals surface area contributed by atoms with Crippen LogP contribution in [0, 0.1) is 27.7 Å². The summed E-state index contributed by atoms with van der Waals surface area (Å²) in [6.45, 7) is 12.4. The molecule has 1 aromatic heterocycles. The Kier molecular flexibility index (Phi) is 11.5. The average molecular weight is 693 g/mol. The van der Waals surface area contributed by atoms with E-state index < -0.39 is 15.6 Å². The van der Waals surface area contributed by atoms with E-state index in [0.717, 1.165) is 6.26 Å². The number of aliphatic hydroxyl groups is 1. The number of carbonyl (C=O) groups excluding carboxylic acids is 2. The maximum atomic E-state index is 12.8. The van der Waals surface area contributed by atoms with Gasteiger partial charge in [-0.1, -0.05) is 34.9 Å². The minimum Gasteiger partial charge on any atom is -0.511 e. The summed E-state index contributed by atoms with van der Waals surface area (Å²) in [7, 11) is -2.00. The van der Waals surface area contributed by atoms with Gasteiger partial charge in [-0.25, -0.2) is 13.1 Å². The van der Waals surface area contributed by atoms with E-state index in [9.17, 15) is 28.2 Å². The van der Waals surface area contributed by atoms with Crippen molar-refractivity contribution < 1.29 is 37.9 Å². The largest absolute Gasteiger partial charge is 0.511 e. The quantitative estimate of drug-likeness (QED) is 0.158. The first-order valence-electron chi connectivity index (χ1n) is 16.1. The molecule has 0 amide bonds. The van der Waals surface area contributed by atoms with E-state index in [2.05, 4.69) is 48.3 Å². The van der Waals surface area contributed by atoms with E-state index in [4.69, 9.17) is 9.68 Å². The number of hydrogen-bond donors (Lipinski definition) is 2. The zero-order valence-corrected chi connectivity index (χ0v) is 30.1. The van der Waals surface area contributed by atoms with Crippen molar-refractivity contribution in [2.45, 2.75) is 78.0 Å². The number of sulfone groups is 1. The van der Waals surface area contributed by atoms with Crippen LogP contribution in [-0.4, -0.2) is 70.9 Å². The van der Waals surface area contributed by atoms with Gasteiger partial charge in [-0.3, -0.25) is 9.59 Å². The Morgan fingerprint density at radius 3 is 2.27 bits per heavy atom. The van der Waals surface area contributed by atoms with Gasteiger partial charge in [0.2, 0.25) is 5.88 Å². The molecule has 2 aliphatic rings. The van der Waals surface area contributed by atoms with E-state index in [0.29, 0.717) is 67.0 Å². The standard InChI is InChI=1S/C20H27NO3.C16H17N3O5S/c1-6-16(21-24-7-2)20-17(22)10-15(11-18(20)23)19-13(4)8-12(3)9-14(19)5;1-9-10(15(20)11-8-17-19(2)16(11)21)4-5-13(25(3,22)23)14(9)12-6-7-24-18-12/h8-9,15,22H,6-7,10-11H2,1-5H3;4-5,8,21H,6-7H2,1-3H3/b21-16+;. The number of benzene rings is 2. The maximum Gasteiger partial charge on any atom is 0.220 e. The van der Waals surface area contributed by atoms with E-state index >= 15 is 0 Å². The van der Waals surface area contributed by atoms with Crippen LogP contribution in [0.15, 0.2) is 57.0 Å². The topological polar surface area (TPSA) is 170 Å². The molecule has 0 bridgehead atoms. The van der Waals surface area contributed by atoms with Gasteiger partial charge in [0.05, 0.1) is 28.1 Å². The third-order valence-corrected chi connectivity index (χ3v) is 9.77. The van der Waals surface area contributed by atoms with Crippen molar-refractivity contribution in [1.29, 1.82) is 0 Å². The van der Waals surface area contributed by atoms with Gasteiger partial charge >= 0.3 is 0 Å². The minimum absolute atomic E-state index is 0.0204. The second kappa shape index (κ2) is 15.2. The highest BCUT2D eigenvalue weighted by atomic mass is 32.2. The van der Waals surface area contributed by atoms with Gasteiger partial charge < -0.3 is 19.9 Å². The molecule has 0 fully saturated rings. The van der Waals surface area contributed by atoms with Crippen molar-refractivity contribution in [3.63, 3.8) is 0 Å². The summed E-state index contributed by atoms with van der Waals surface area (Å²) in [5, 5.41) is 32.3. The molecule has 0 radical (unpaired) electrons. The third kappa shape index (κ3) is 7.93. The molecule has 2 aromatic carbocycles. The zero-order chi connectivity index (χ0) is 36.2. The molecule has 1 aliphatic heterocycles. The van der Waals surface area contributed by atoms with Crippen molar-refractivity contribution in [1.82, 2.24) is 9.78 Å². The molecule has 2 heterocycles. The first kappa shape index (κ1) is 37.0. The van der Waals surface area contributed by atoms with Crippen LogP contribution in [0.3, 0.4) is 0 Å². The number of rotatable bonds is 9. The van der Waals surface area contributed by atoms with Crippen molar-refractivity contribution >= 4 is 32.8 Å². The highest BCUT2D eigenvalue weighted by Gasteiger charge is 2.33. The number of Topliss-reactive ketones (excluding diaryl/α,β-unsaturated/α-hetero) is 1. The lowest BCUT2D eigenvalue weighted by atomic mass is 9.78. The Morgan fingerprint density at radius 1 is 1.08 bits per heavy atom. The minimum atomic E-state index is -3.52. The number of ketones is 2. The summed E-state index contributed by atoms with van der Waals surface area (Å²) in [5.74, 6) is -0.588. The molecule has 3 aromatic rings. The first-order chi connectivity index (χ1) is 23.1. The summed E-state index contributed by atoms with van der Waals surface area (Å²) in [5.41, 5.74) is 7.32. The van der Waals surface area contributed by atoms with Crippen LogP contribution in [-0.2, 0) is 31.4 Å². The highest BCUT2D eigenvalue weighted by Crippen LogP contribution is 2.38. The lowest BCUT2D eigenvalue weighted by molar-refractivity contribution is -0.116. The number of oxime groups is 2. The average Bonchev–Trinajstić information content (AvgIpc) is 3.67. The van der Waals surface area contributed by atoms with Crippen molar-refractivity contribution in [3.05, 3.63) is 86.3 Å². The van der Waals surface area contributed by atoms with Crippen LogP contribution in [0.5, 0.6) is 5.88 Å². The van der Waals surface area contributed by atoms with E-state index in [1.165, 1.54) is 52.3 Å². The van der Waals surface area contributed by atoms with E-state index in [1.54, 1.807) is 6.92 Å². The van der Waals surface area contributed by atoms with Gasteiger partial charge in [-0.2, -0.15) is 5.10 Å². The molecule has 13 heteroatoms. The van der Waals surface area contributed by atoms with Crippen LogP contribution in [0.2, 0.25) is 0 Å². The van der Waals surface area contributed by atoms with Crippen LogP contribution in [0.1, 0.15) is 94.8 Å². The van der Waals surface area contributed by atoms with Gasteiger partial charge in [-0.15, -0.1) is 0 Å². The lowest BCUT2D eigenvalue weighted by Crippen LogP contribution is -2.24. The van der Waals surface area contributed by atoms with Gasteiger partial charge in [0.1, 0.15) is 24.5 Å². The predicted octanol–water partition coefficient (Wildman–Crippen LogP) is 5.87. The maximum absolute atomic E-state index is 12.8. The van der Waals surface area contributed by atoms with Crippen LogP contribution >= 0.6 is 0 Å². The molecule has 1 atom stereocenters. The highest BCUT2D eigenvalue weighted by molar-refractivity contribution is 7.90. The molecule has 12 nitrogen and oxygen atoms in total. The van der Waals surface area contributed by atoms with Gasteiger partial charge in [0, 0.05) is 43.7 Å². The van der Waals surface area contributed by atoms with E-state index in [-0.39, 0.29) is 39.4 Å². The molecule has 5 rings (SSSR count). The Balaban J connectivity index is 0.000000221. The van der Waals surface area contributed by atoms with Crippen molar-refractivity contribution in [2.75, 3.05) is 19.5 Å². The number of aliphatic hydroxyl groups excluding tert-OH is 1. The molecule has 0 saturated carbocycles. The van der Waals surface area contributed by atoms with Crippen LogP contribution in [0.25, 0.3) is 0 Å². The number of carbonyl (C=O) groups is 2. The molecular formula is C36H44N4O8S. The summed E-state index contributed by atoms with van der Waals surface area (Å²) in [6.07, 6.45) is 4.26. The SMILES string of the molecule is CCO/N=C(\CC)C1=C(O)CC(c2c(C)cc(C)cc2C)CC1=O.Cc1c(C(=O)c2cnn(C)c2O)ccc(S(C)(=O)=O)c1C1=NOCC1. The summed E-state index contributed by atoms with van der Waals surface area (Å²) >= 11 is 0. The lowest BCUT2D eigenvalue weighted by Gasteiger charge is -2.27. The monoisotopic (exact) mass is 692 g/mol. The number of nitrogens with zero attached hydrogens (tertiary/aromatic N) is 4. The fourth-order valence-corrected chi connectivity index (χ4v) is 7.47. The first-order valence-corrected chi connectivity index (χ1v) is 18.0. The summed E-state index contributed by atoms with van der Waals surface area (Å²) < 4.78 is 25.5. The van der Waals surface area contributed by atoms with Gasteiger partial charge in [0.25, 0.3) is 0 Å². The summed E-state index contributed by atoms with van der Waals surface area (Å²) in [4.78, 5) is 35.7. The van der Waals surface area contributed by atoms with E-state index in [1.807, 2.05) is 13.8 Å². The zero-order valence-electron chi connectivity index (χ0n) is 29.2. The molecular weight excluding hydrogens is 648 g/mol. The molecule has 0 spiro atoms. The molecule has 2 N–H and O–H groups in total.